The molecule has 23 heavy (non-hydrogen) atoms. The van der Waals surface area contributed by atoms with Gasteiger partial charge in [-0.05, 0) is 44.7 Å². The van der Waals surface area contributed by atoms with Gasteiger partial charge in [-0.1, -0.05) is 17.7 Å². The summed E-state index contributed by atoms with van der Waals surface area (Å²) in [6, 6.07) is 6.55. The van der Waals surface area contributed by atoms with E-state index in [1.54, 1.807) is 24.3 Å². The third kappa shape index (κ3) is 3.39. The van der Waals surface area contributed by atoms with Crippen LogP contribution in [-0.2, 0) is 19.4 Å². The average molecular weight is 338 g/mol. The van der Waals surface area contributed by atoms with Crippen molar-refractivity contribution in [2.75, 3.05) is 6.54 Å². The van der Waals surface area contributed by atoms with Crippen molar-refractivity contribution in [3.63, 3.8) is 0 Å². The largest absolute Gasteiger partial charge is 0.370 e. The average Bonchev–Trinajstić information content (AvgIpc) is 2.42. The molecule has 0 heterocycles. The molecule has 7 heteroatoms. The van der Waals surface area contributed by atoms with E-state index in [0.29, 0.717) is 25.7 Å². The van der Waals surface area contributed by atoms with Crippen molar-refractivity contribution in [1.29, 1.82) is 0 Å². The number of primary amides is 1. The minimum atomic E-state index is -3.74. The Bertz CT molecular complexity index is 691. The maximum atomic E-state index is 12.9. The number of carbonyl (C=O) groups excluding carboxylic acids is 2. The predicted octanol–water partition coefficient (Wildman–Crippen LogP) is 1.07. The van der Waals surface area contributed by atoms with Crippen LogP contribution in [0.2, 0.25) is 0 Å². The summed E-state index contributed by atoms with van der Waals surface area (Å²) in [7, 11) is -3.74. The van der Waals surface area contributed by atoms with Crippen molar-refractivity contribution in [1.82, 2.24) is 5.32 Å². The molecule has 2 amide bonds. The van der Waals surface area contributed by atoms with Crippen LogP contribution >= 0.6 is 0 Å². The molecule has 0 unspecified atom stereocenters. The molecule has 1 aromatic carbocycles. The Kier molecular flexibility index (Phi) is 5.09. The monoisotopic (exact) mass is 338 g/mol. The number of nitrogens with two attached hydrogens (primary N) is 1. The van der Waals surface area contributed by atoms with E-state index < -0.39 is 26.4 Å². The number of carbonyl (C=O) groups is 2. The fourth-order valence-electron chi connectivity index (χ4n) is 2.68. The molecule has 126 valence electrons. The van der Waals surface area contributed by atoms with Crippen molar-refractivity contribution in [2.45, 2.75) is 48.7 Å². The molecule has 1 fully saturated rings. The molecule has 0 saturated heterocycles. The first kappa shape index (κ1) is 17.5. The first-order valence-corrected chi connectivity index (χ1v) is 9.16. The van der Waals surface area contributed by atoms with Crippen LogP contribution in [-0.4, -0.2) is 31.5 Å². The normalized spacial score (nSPS) is 16.4. The highest BCUT2D eigenvalue weighted by atomic mass is 32.2. The van der Waals surface area contributed by atoms with Crippen LogP contribution in [0.15, 0.2) is 29.2 Å². The molecule has 0 aromatic heterocycles. The highest BCUT2D eigenvalue weighted by molar-refractivity contribution is 7.93. The lowest BCUT2D eigenvalue weighted by atomic mass is 9.83. The lowest BCUT2D eigenvalue weighted by molar-refractivity contribution is -0.126. The molecule has 0 atom stereocenters. The molecule has 6 nitrogen and oxygen atoms in total. The van der Waals surface area contributed by atoms with E-state index in [1.807, 2.05) is 6.92 Å². The van der Waals surface area contributed by atoms with E-state index in [9.17, 15) is 18.0 Å². The Labute approximate surface area is 136 Å². The van der Waals surface area contributed by atoms with Crippen LogP contribution in [0.1, 0.15) is 37.7 Å². The summed E-state index contributed by atoms with van der Waals surface area (Å²) in [5.41, 5.74) is 6.00. The highest BCUT2D eigenvalue weighted by Crippen LogP contribution is 2.43. The van der Waals surface area contributed by atoms with Gasteiger partial charge in [0.25, 0.3) is 0 Å². The van der Waals surface area contributed by atoms with Gasteiger partial charge in [-0.15, -0.1) is 0 Å². The standard InChI is InChI=1S/C16H22N2O4S/c1-12-5-7-13(8-6-12)23(21,22)16(9-3-10-16)15(20)18-11-2-4-14(17)19/h5-8H,2-4,9-11H2,1H3,(H2,17,19)(H,18,20). The summed E-state index contributed by atoms with van der Waals surface area (Å²) in [6.07, 6.45) is 1.93. The third-order valence-corrected chi connectivity index (χ3v) is 6.82. The quantitative estimate of drug-likeness (QED) is 0.725. The number of sulfone groups is 1. The van der Waals surface area contributed by atoms with Crippen molar-refractivity contribution in [3.8, 4) is 0 Å². The summed E-state index contributed by atoms with van der Waals surface area (Å²) >= 11 is 0. The topological polar surface area (TPSA) is 106 Å². The predicted molar refractivity (Wildman–Crippen MR) is 86.4 cm³/mol. The van der Waals surface area contributed by atoms with Gasteiger partial charge in [0.1, 0.15) is 0 Å². The van der Waals surface area contributed by atoms with E-state index in [2.05, 4.69) is 5.32 Å². The van der Waals surface area contributed by atoms with Gasteiger partial charge in [0.05, 0.1) is 4.90 Å². The van der Waals surface area contributed by atoms with Crippen molar-refractivity contribution < 1.29 is 18.0 Å². The number of hydrogen-bond donors (Lipinski definition) is 2. The molecule has 0 spiro atoms. The van der Waals surface area contributed by atoms with Crippen LogP contribution in [0, 0.1) is 6.92 Å². The zero-order chi connectivity index (χ0) is 17.1. The number of hydrogen-bond acceptors (Lipinski definition) is 4. The lowest BCUT2D eigenvalue weighted by Crippen LogP contribution is -2.57. The molecular formula is C16H22N2O4S. The van der Waals surface area contributed by atoms with Crippen LogP contribution in [0.4, 0.5) is 0 Å². The zero-order valence-corrected chi connectivity index (χ0v) is 14.0. The summed E-state index contributed by atoms with van der Waals surface area (Å²) in [6.45, 7) is 2.12. The van der Waals surface area contributed by atoms with E-state index in [-0.39, 0.29) is 17.9 Å². The second-order valence-electron chi connectivity index (χ2n) is 5.99. The van der Waals surface area contributed by atoms with Crippen LogP contribution < -0.4 is 11.1 Å². The molecule has 1 aliphatic rings. The minimum Gasteiger partial charge on any atom is -0.370 e. The zero-order valence-electron chi connectivity index (χ0n) is 13.2. The van der Waals surface area contributed by atoms with E-state index in [4.69, 9.17) is 5.73 Å². The van der Waals surface area contributed by atoms with Gasteiger partial charge in [0.2, 0.25) is 11.8 Å². The van der Waals surface area contributed by atoms with Gasteiger partial charge in [-0.3, -0.25) is 9.59 Å². The highest BCUT2D eigenvalue weighted by Gasteiger charge is 2.55. The number of aryl methyl sites for hydroxylation is 1. The van der Waals surface area contributed by atoms with Crippen molar-refractivity contribution >= 4 is 21.7 Å². The molecule has 2 rings (SSSR count). The molecule has 0 radical (unpaired) electrons. The van der Waals surface area contributed by atoms with Gasteiger partial charge >= 0.3 is 0 Å². The van der Waals surface area contributed by atoms with Crippen molar-refractivity contribution in [3.05, 3.63) is 29.8 Å². The van der Waals surface area contributed by atoms with E-state index in [1.165, 1.54) is 0 Å². The van der Waals surface area contributed by atoms with Crippen LogP contribution in [0.5, 0.6) is 0 Å². The summed E-state index contributed by atoms with van der Waals surface area (Å²) in [4.78, 5) is 23.3. The van der Waals surface area contributed by atoms with E-state index >= 15 is 0 Å². The Morgan fingerprint density at radius 1 is 1.22 bits per heavy atom. The summed E-state index contributed by atoms with van der Waals surface area (Å²) in [5, 5.41) is 2.64. The molecule has 0 aliphatic heterocycles. The number of benzene rings is 1. The SMILES string of the molecule is Cc1ccc(S(=O)(=O)C2(C(=O)NCCCC(N)=O)CCC2)cc1. The number of amides is 2. The Morgan fingerprint density at radius 2 is 1.83 bits per heavy atom. The van der Waals surface area contributed by atoms with Gasteiger partial charge in [-0.25, -0.2) is 8.42 Å². The Hall–Kier alpha value is -1.89. The minimum absolute atomic E-state index is 0.165. The fraction of sp³-hybridized carbons (Fsp3) is 0.500. The van der Waals surface area contributed by atoms with Gasteiger partial charge in [0, 0.05) is 13.0 Å². The Balaban J connectivity index is 2.14. The second kappa shape index (κ2) is 6.70. The first-order valence-electron chi connectivity index (χ1n) is 7.67. The van der Waals surface area contributed by atoms with Gasteiger partial charge < -0.3 is 11.1 Å². The smallest absolute Gasteiger partial charge is 0.241 e. The third-order valence-electron chi connectivity index (χ3n) is 4.31. The fourth-order valence-corrected chi connectivity index (χ4v) is 4.77. The summed E-state index contributed by atoms with van der Waals surface area (Å²) in [5.74, 6) is -0.918. The van der Waals surface area contributed by atoms with Gasteiger partial charge in [0.15, 0.2) is 14.6 Å². The van der Waals surface area contributed by atoms with Crippen LogP contribution in [0.25, 0.3) is 0 Å². The molecule has 1 aliphatic carbocycles. The molecular weight excluding hydrogens is 316 g/mol. The molecule has 3 N–H and O–H groups in total. The number of rotatable bonds is 7. The van der Waals surface area contributed by atoms with E-state index in [0.717, 1.165) is 5.56 Å². The second-order valence-corrected chi connectivity index (χ2v) is 8.25. The number of nitrogens with one attached hydrogen (secondary N) is 1. The van der Waals surface area contributed by atoms with Crippen molar-refractivity contribution in [2.24, 2.45) is 5.73 Å². The molecule has 1 aromatic rings. The maximum Gasteiger partial charge on any atom is 0.241 e. The van der Waals surface area contributed by atoms with Gasteiger partial charge in [-0.2, -0.15) is 0 Å². The maximum absolute atomic E-state index is 12.9. The molecule has 1 saturated carbocycles. The first-order chi connectivity index (χ1) is 10.8. The lowest BCUT2D eigenvalue weighted by Gasteiger charge is -2.39. The molecule has 0 bridgehead atoms. The van der Waals surface area contributed by atoms with Crippen LogP contribution in [0.3, 0.4) is 0 Å². The Morgan fingerprint density at radius 3 is 2.30 bits per heavy atom. The summed E-state index contributed by atoms with van der Waals surface area (Å²) < 4.78 is 24.4.